The van der Waals surface area contributed by atoms with E-state index in [0.29, 0.717) is 12.5 Å². The molecule has 0 atom stereocenters. The lowest BCUT2D eigenvalue weighted by molar-refractivity contribution is 0.0696. The normalized spacial score (nSPS) is 10.7. The molecule has 23 heavy (non-hydrogen) atoms. The minimum absolute atomic E-state index is 0.216. The molecular formula is C16H20N4O3. The van der Waals surface area contributed by atoms with Crippen molar-refractivity contribution in [2.75, 3.05) is 0 Å². The Balaban J connectivity index is 1.88. The summed E-state index contributed by atoms with van der Waals surface area (Å²) < 4.78 is 1.66. The Morgan fingerprint density at radius 2 is 1.96 bits per heavy atom. The van der Waals surface area contributed by atoms with E-state index in [1.54, 1.807) is 23.0 Å². The van der Waals surface area contributed by atoms with Crippen molar-refractivity contribution < 1.29 is 14.7 Å². The summed E-state index contributed by atoms with van der Waals surface area (Å²) in [6.45, 7) is 5.28. The molecule has 0 unspecified atom stereocenters. The summed E-state index contributed by atoms with van der Waals surface area (Å²) in [6, 6.07) is 6.35. The number of aromatic carboxylic acids is 1. The number of amides is 1. The molecule has 1 aromatic carbocycles. The van der Waals surface area contributed by atoms with Crippen LogP contribution in [0.4, 0.5) is 0 Å². The van der Waals surface area contributed by atoms with Gasteiger partial charge in [0.1, 0.15) is 0 Å². The summed E-state index contributed by atoms with van der Waals surface area (Å²) in [5.41, 5.74) is 1.31. The summed E-state index contributed by atoms with van der Waals surface area (Å²) in [6.07, 6.45) is 2.60. The van der Waals surface area contributed by atoms with Gasteiger partial charge in [-0.25, -0.2) is 4.79 Å². The maximum absolute atomic E-state index is 12.0. The van der Waals surface area contributed by atoms with Crippen LogP contribution in [0.15, 0.2) is 30.5 Å². The van der Waals surface area contributed by atoms with Crippen LogP contribution >= 0.6 is 0 Å². The average molecular weight is 316 g/mol. The van der Waals surface area contributed by atoms with Crippen molar-refractivity contribution in [2.24, 2.45) is 5.92 Å². The van der Waals surface area contributed by atoms with Crippen LogP contribution in [0.5, 0.6) is 0 Å². The predicted molar refractivity (Wildman–Crippen MR) is 84.0 cm³/mol. The van der Waals surface area contributed by atoms with Crippen molar-refractivity contribution >= 4 is 11.9 Å². The Hall–Kier alpha value is -2.70. The Morgan fingerprint density at radius 3 is 2.57 bits per heavy atom. The van der Waals surface area contributed by atoms with Gasteiger partial charge in [0.05, 0.1) is 11.8 Å². The molecule has 7 heteroatoms. The van der Waals surface area contributed by atoms with E-state index < -0.39 is 5.97 Å². The smallest absolute Gasteiger partial charge is 0.335 e. The molecule has 1 amide bonds. The van der Waals surface area contributed by atoms with Gasteiger partial charge in [0.2, 0.25) is 0 Å². The van der Waals surface area contributed by atoms with E-state index in [1.807, 2.05) is 0 Å². The average Bonchev–Trinajstić information content (AvgIpc) is 3.00. The molecule has 0 bridgehead atoms. The third kappa shape index (κ3) is 4.91. The first kappa shape index (κ1) is 16.7. The monoisotopic (exact) mass is 316 g/mol. The van der Waals surface area contributed by atoms with E-state index in [1.165, 1.54) is 12.1 Å². The lowest BCUT2D eigenvalue weighted by atomic mass is 10.1. The Labute approximate surface area is 134 Å². The number of hydrogen-bond donors (Lipinski definition) is 2. The molecule has 1 heterocycles. The highest BCUT2D eigenvalue weighted by Crippen LogP contribution is 2.05. The van der Waals surface area contributed by atoms with Gasteiger partial charge in [0.15, 0.2) is 5.69 Å². The van der Waals surface area contributed by atoms with E-state index in [0.717, 1.165) is 18.5 Å². The van der Waals surface area contributed by atoms with Gasteiger partial charge >= 0.3 is 5.97 Å². The van der Waals surface area contributed by atoms with Gasteiger partial charge in [-0.05, 0) is 30.0 Å². The molecule has 122 valence electrons. The van der Waals surface area contributed by atoms with Crippen LogP contribution in [-0.2, 0) is 13.1 Å². The topological polar surface area (TPSA) is 97.1 Å². The third-order valence-corrected chi connectivity index (χ3v) is 3.36. The van der Waals surface area contributed by atoms with Crippen LogP contribution in [0.1, 0.15) is 46.7 Å². The maximum atomic E-state index is 12.0. The van der Waals surface area contributed by atoms with Crippen LogP contribution in [0.2, 0.25) is 0 Å². The lowest BCUT2D eigenvalue weighted by Crippen LogP contribution is -2.23. The molecular weight excluding hydrogens is 296 g/mol. The summed E-state index contributed by atoms with van der Waals surface area (Å²) in [5.74, 6) is -0.716. The lowest BCUT2D eigenvalue weighted by Gasteiger charge is -2.04. The number of aromatic nitrogens is 3. The molecule has 2 N–H and O–H groups in total. The SMILES string of the molecule is CC(C)CCn1cc(C(=O)NCc2ccc(C(=O)O)cc2)nn1. The van der Waals surface area contributed by atoms with Gasteiger partial charge < -0.3 is 10.4 Å². The summed E-state index contributed by atoms with van der Waals surface area (Å²) >= 11 is 0. The highest BCUT2D eigenvalue weighted by Gasteiger charge is 2.11. The first-order chi connectivity index (χ1) is 11.0. The largest absolute Gasteiger partial charge is 0.478 e. The summed E-state index contributed by atoms with van der Waals surface area (Å²) in [4.78, 5) is 22.8. The number of carbonyl (C=O) groups is 2. The zero-order chi connectivity index (χ0) is 16.8. The minimum Gasteiger partial charge on any atom is -0.478 e. The molecule has 1 aromatic heterocycles. The minimum atomic E-state index is -0.974. The van der Waals surface area contributed by atoms with Crippen LogP contribution in [-0.4, -0.2) is 32.0 Å². The van der Waals surface area contributed by atoms with E-state index in [-0.39, 0.29) is 17.2 Å². The molecule has 2 rings (SSSR count). The molecule has 0 saturated heterocycles. The second-order valence-electron chi connectivity index (χ2n) is 5.73. The van der Waals surface area contributed by atoms with Crippen LogP contribution in [0, 0.1) is 5.92 Å². The number of carboxylic acid groups (broad SMARTS) is 1. The van der Waals surface area contributed by atoms with Crippen LogP contribution < -0.4 is 5.32 Å². The third-order valence-electron chi connectivity index (χ3n) is 3.36. The number of benzene rings is 1. The number of carbonyl (C=O) groups excluding carboxylic acids is 1. The van der Waals surface area contributed by atoms with E-state index in [4.69, 9.17) is 5.11 Å². The number of nitrogens with zero attached hydrogens (tertiary/aromatic N) is 3. The van der Waals surface area contributed by atoms with Crippen molar-refractivity contribution in [3.8, 4) is 0 Å². The maximum Gasteiger partial charge on any atom is 0.335 e. The standard InChI is InChI=1S/C16H20N4O3/c1-11(2)7-8-20-10-14(18-19-20)15(21)17-9-12-3-5-13(6-4-12)16(22)23/h3-6,10-11H,7-9H2,1-2H3,(H,17,21)(H,22,23). The van der Waals surface area contributed by atoms with Gasteiger partial charge in [0.25, 0.3) is 5.91 Å². The number of aryl methyl sites for hydroxylation is 1. The van der Waals surface area contributed by atoms with E-state index in [2.05, 4.69) is 29.5 Å². The van der Waals surface area contributed by atoms with Gasteiger partial charge in [-0.15, -0.1) is 5.10 Å². The molecule has 0 aliphatic heterocycles. The van der Waals surface area contributed by atoms with Crippen LogP contribution in [0.3, 0.4) is 0 Å². The molecule has 0 aliphatic carbocycles. The second kappa shape index (κ2) is 7.53. The van der Waals surface area contributed by atoms with Crippen molar-refractivity contribution in [1.82, 2.24) is 20.3 Å². The van der Waals surface area contributed by atoms with Crippen molar-refractivity contribution in [2.45, 2.75) is 33.4 Å². The highest BCUT2D eigenvalue weighted by molar-refractivity contribution is 5.91. The molecule has 0 fully saturated rings. The van der Waals surface area contributed by atoms with Gasteiger partial charge in [-0.2, -0.15) is 0 Å². The second-order valence-corrected chi connectivity index (χ2v) is 5.73. The zero-order valence-electron chi connectivity index (χ0n) is 13.2. The van der Waals surface area contributed by atoms with Gasteiger partial charge in [-0.1, -0.05) is 31.2 Å². The van der Waals surface area contributed by atoms with Crippen molar-refractivity contribution in [1.29, 1.82) is 0 Å². The Bertz CT molecular complexity index is 677. The summed E-state index contributed by atoms with van der Waals surface area (Å²) in [7, 11) is 0. The zero-order valence-corrected chi connectivity index (χ0v) is 13.2. The molecule has 0 spiro atoms. The fraction of sp³-hybridized carbons (Fsp3) is 0.375. The fourth-order valence-corrected chi connectivity index (χ4v) is 1.94. The molecule has 2 aromatic rings. The molecule has 0 saturated carbocycles. The van der Waals surface area contributed by atoms with Crippen LogP contribution in [0.25, 0.3) is 0 Å². The van der Waals surface area contributed by atoms with E-state index >= 15 is 0 Å². The van der Waals surface area contributed by atoms with Gasteiger partial charge in [0, 0.05) is 13.1 Å². The van der Waals surface area contributed by atoms with Gasteiger partial charge in [-0.3, -0.25) is 9.48 Å². The van der Waals surface area contributed by atoms with Crippen molar-refractivity contribution in [3.05, 3.63) is 47.3 Å². The number of hydrogen-bond acceptors (Lipinski definition) is 4. The Morgan fingerprint density at radius 1 is 1.26 bits per heavy atom. The fourth-order valence-electron chi connectivity index (χ4n) is 1.94. The number of rotatable bonds is 7. The van der Waals surface area contributed by atoms with Crippen molar-refractivity contribution in [3.63, 3.8) is 0 Å². The Kier molecular flexibility index (Phi) is 5.46. The molecule has 0 aliphatic rings. The first-order valence-corrected chi connectivity index (χ1v) is 7.46. The quantitative estimate of drug-likeness (QED) is 0.813. The molecule has 7 nitrogen and oxygen atoms in total. The highest BCUT2D eigenvalue weighted by atomic mass is 16.4. The summed E-state index contributed by atoms with van der Waals surface area (Å²) in [5, 5.41) is 19.4. The number of nitrogens with one attached hydrogen (secondary N) is 1. The van der Waals surface area contributed by atoms with E-state index in [9.17, 15) is 9.59 Å². The molecule has 0 radical (unpaired) electrons. The first-order valence-electron chi connectivity index (χ1n) is 7.46. The predicted octanol–water partition coefficient (Wildman–Crippen LogP) is 1.95. The number of carboxylic acids is 1.